The molecule has 1 rings (SSSR count). The zero-order valence-electron chi connectivity index (χ0n) is 8.29. The molecule has 3 nitrogen and oxygen atoms in total. The maximum Gasteiger partial charge on any atom is 0.257 e. The molecule has 3 N–H and O–H groups in total. The molecule has 8 heteroatoms. The predicted molar refractivity (Wildman–Crippen MR) is 47.6 cm³/mol. The molecule has 0 fully saturated rings. The standard InChI is InChI=1S/C9H7F5N2O/c10-4-3(9(17)16-2-1-15)5(11)7(13)8(14)6(4)12/h1-2,15H2,(H,16,17). The first-order chi connectivity index (χ1) is 7.91. The first kappa shape index (κ1) is 13.4. The third-order valence-electron chi connectivity index (χ3n) is 1.87. The van der Waals surface area contributed by atoms with E-state index >= 15 is 0 Å². The van der Waals surface area contributed by atoms with E-state index in [1.807, 2.05) is 5.32 Å². The fourth-order valence-electron chi connectivity index (χ4n) is 1.08. The van der Waals surface area contributed by atoms with E-state index in [9.17, 15) is 26.7 Å². The monoisotopic (exact) mass is 254 g/mol. The molecule has 0 aromatic heterocycles. The Kier molecular flexibility index (Phi) is 4.00. The van der Waals surface area contributed by atoms with Gasteiger partial charge in [0.15, 0.2) is 23.3 Å². The molecule has 0 saturated heterocycles. The molecule has 17 heavy (non-hydrogen) atoms. The molecule has 0 aliphatic carbocycles. The van der Waals surface area contributed by atoms with Crippen LogP contribution in [0, 0.1) is 29.1 Å². The van der Waals surface area contributed by atoms with Gasteiger partial charge in [0.1, 0.15) is 5.56 Å². The lowest BCUT2D eigenvalue weighted by atomic mass is 10.1. The molecule has 0 bridgehead atoms. The second-order valence-corrected chi connectivity index (χ2v) is 2.99. The maximum atomic E-state index is 13.1. The van der Waals surface area contributed by atoms with Gasteiger partial charge < -0.3 is 11.1 Å². The van der Waals surface area contributed by atoms with Gasteiger partial charge in [-0.2, -0.15) is 0 Å². The summed E-state index contributed by atoms with van der Waals surface area (Å²) in [5.41, 5.74) is 3.49. The number of hydrogen-bond donors (Lipinski definition) is 2. The van der Waals surface area contributed by atoms with Gasteiger partial charge in [0.25, 0.3) is 5.91 Å². The Morgan fingerprint density at radius 2 is 1.35 bits per heavy atom. The number of halogens is 5. The molecule has 0 spiro atoms. The van der Waals surface area contributed by atoms with E-state index in [4.69, 9.17) is 5.73 Å². The normalized spacial score (nSPS) is 10.5. The summed E-state index contributed by atoms with van der Waals surface area (Å²) < 4.78 is 64.2. The summed E-state index contributed by atoms with van der Waals surface area (Å²) in [5.74, 6) is -12.4. The molecule has 0 radical (unpaired) electrons. The molecule has 0 unspecified atom stereocenters. The van der Waals surface area contributed by atoms with Crippen molar-refractivity contribution in [1.29, 1.82) is 0 Å². The summed E-state index contributed by atoms with van der Waals surface area (Å²) in [7, 11) is 0. The van der Waals surface area contributed by atoms with E-state index in [0.717, 1.165) is 0 Å². The summed E-state index contributed by atoms with van der Waals surface area (Å²) in [5, 5.41) is 1.90. The van der Waals surface area contributed by atoms with Gasteiger partial charge in [0.05, 0.1) is 0 Å². The highest BCUT2D eigenvalue weighted by atomic mass is 19.2. The van der Waals surface area contributed by atoms with Gasteiger partial charge in [-0.05, 0) is 0 Å². The minimum absolute atomic E-state index is 0.0405. The van der Waals surface area contributed by atoms with Gasteiger partial charge >= 0.3 is 0 Å². The number of rotatable bonds is 3. The Hall–Kier alpha value is -1.70. The summed E-state index contributed by atoms with van der Waals surface area (Å²) in [6.45, 7) is -0.195. The molecule has 1 aromatic rings. The fourth-order valence-corrected chi connectivity index (χ4v) is 1.08. The number of hydrogen-bond acceptors (Lipinski definition) is 2. The van der Waals surface area contributed by atoms with E-state index in [0.29, 0.717) is 0 Å². The molecule has 0 atom stereocenters. The average Bonchev–Trinajstić information content (AvgIpc) is 2.31. The fraction of sp³-hybridized carbons (Fsp3) is 0.222. The first-order valence-corrected chi connectivity index (χ1v) is 4.41. The topological polar surface area (TPSA) is 55.1 Å². The van der Waals surface area contributed by atoms with Crippen molar-refractivity contribution in [3.05, 3.63) is 34.6 Å². The largest absolute Gasteiger partial charge is 0.351 e. The number of nitrogens with two attached hydrogens (primary N) is 1. The lowest BCUT2D eigenvalue weighted by Gasteiger charge is -2.08. The van der Waals surface area contributed by atoms with Crippen LogP contribution in [-0.4, -0.2) is 19.0 Å². The molecular weight excluding hydrogens is 247 g/mol. The summed E-state index contributed by atoms with van der Waals surface area (Å²) >= 11 is 0. The number of nitrogens with one attached hydrogen (secondary N) is 1. The van der Waals surface area contributed by atoms with Gasteiger partial charge in [0.2, 0.25) is 5.82 Å². The van der Waals surface area contributed by atoms with Crippen LogP contribution in [0.4, 0.5) is 22.0 Å². The SMILES string of the molecule is NCCNC(=O)c1c(F)c(F)c(F)c(F)c1F. The van der Waals surface area contributed by atoms with E-state index in [1.54, 1.807) is 0 Å². The Morgan fingerprint density at radius 3 is 1.76 bits per heavy atom. The number of benzene rings is 1. The second kappa shape index (κ2) is 5.09. The van der Waals surface area contributed by atoms with Crippen molar-refractivity contribution in [2.24, 2.45) is 5.73 Å². The Labute approximate surface area is 92.4 Å². The summed E-state index contributed by atoms with van der Waals surface area (Å²) in [6, 6.07) is 0. The third kappa shape index (κ3) is 2.36. The summed E-state index contributed by atoms with van der Waals surface area (Å²) in [6.07, 6.45) is 0. The van der Waals surface area contributed by atoms with Crippen LogP contribution >= 0.6 is 0 Å². The predicted octanol–water partition coefficient (Wildman–Crippen LogP) is 1.07. The minimum Gasteiger partial charge on any atom is -0.351 e. The highest BCUT2D eigenvalue weighted by Gasteiger charge is 2.29. The van der Waals surface area contributed by atoms with Crippen molar-refractivity contribution in [1.82, 2.24) is 5.32 Å². The third-order valence-corrected chi connectivity index (χ3v) is 1.87. The quantitative estimate of drug-likeness (QED) is 0.481. The van der Waals surface area contributed by atoms with E-state index < -0.39 is 40.6 Å². The molecular formula is C9H7F5N2O. The molecule has 1 aromatic carbocycles. The lowest BCUT2D eigenvalue weighted by molar-refractivity contribution is 0.0943. The Morgan fingerprint density at radius 1 is 0.941 bits per heavy atom. The van der Waals surface area contributed by atoms with Crippen molar-refractivity contribution in [3.8, 4) is 0 Å². The van der Waals surface area contributed by atoms with Crippen molar-refractivity contribution < 1.29 is 26.7 Å². The number of carbonyl (C=O) groups excluding carboxylic acids is 1. The van der Waals surface area contributed by atoms with Gasteiger partial charge in [-0.25, -0.2) is 22.0 Å². The molecule has 0 aliphatic rings. The van der Waals surface area contributed by atoms with E-state index in [1.165, 1.54) is 0 Å². The molecule has 0 saturated carbocycles. The zero-order chi connectivity index (χ0) is 13.2. The van der Waals surface area contributed by atoms with Crippen LogP contribution in [0.25, 0.3) is 0 Å². The van der Waals surface area contributed by atoms with Gasteiger partial charge in [-0.1, -0.05) is 0 Å². The van der Waals surface area contributed by atoms with E-state index in [-0.39, 0.29) is 13.1 Å². The molecule has 94 valence electrons. The van der Waals surface area contributed by atoms with Crippen LogP contribution in [0.15, 0.2) is 0 Å². The van der Waals surface area contributed by atoms with Crippen LogP contribution in [0.3, 0.4) is 0 Å². The highest BCUT2D eigenvalue weighted by molar-refractivity contribution is 5.94. The van der Waals surface area contributed by atoms with Gasteiger partial charge in [-0.15, -0.1) is 0 Å². The Bertz CT molecular complexity index is 434. The second-order valence-electron chi connectivity index (χ2n) is 2.99. The Balaban J connectivity index is 3.29. The highest BCUT2D eigenvalue weighted by Crippen LogP contribution is 2.22. The molecule has 1 amide bonds. The molecule has 0 heterocycles. The van der Waals surface area contributed by atoms with Crippen LogP contribution in [-0.2, 0) is 0 Å². The summed E-state index contributed by atoms with van der Waals surface area (Å²) in [4.78, 5) is 11.2. The van der Waals surface area contributed by atoms with Crippen molar-refractivity contribution in [3.63, 3.8) is 0 Å². The van der Waals surface area contributed by atoms with Crippen LogP contribution in [0.5, 0.6) is 0 Å². The van der Waals surface area contributed by atoms with E-state index in [2.05, 4.69) is 0 Å². The number of carbonyl (C=O) groups is 1. The smallest absolute Gasteiger partial charge is 0.257 e. The molecule has 0 aliphatic heterocycles. The first-order valence-electron chi connectivity index (χ1n) is 4.41. The van der Waals surface area contributed by atoms with Gasteiger partial charge in [-0.3, -0.25) is 4.79 Å². The van der Waals surface area contributed by atoms with Crippen molar-refractivity contribution in [2.75, 3.05) is 13.1 Å². The average molecular weight is 254 g/mol. The minimum atomic E-state index is -2.31. The maximum absolute atomic E-state index is 13.1. The van der Waals surface area contributed by atoms with Crippen LogP contribution in [0.1, 0.15) is 10.4 Å². The zero-order valence-corrected chi connectivity index (χ0v) is 8.29. The van der Waals surface area contributed by atoms with Crippen molar-refractivity contribution >= 4 is 5.91 Å². The van der Waals surface area contributed by atoms with Gasteiger partial charge in [0, 0.05) is 13.1 Å². The van der Waals surface area contributed by atoms with Crippen LogP contribution < -0.4 is 11.1 Å². The van der Waals surface area contributed by atoms with Crippen molar-refractivity contribution in [2.45, 2.75) is 0 Å². The number of amides is 1. The lowest BCUT2D eigenvalue weighted by Crippen LogP contribution is -2.31. The van der Waals surface area contributed by atoms with Crippen LogP contribution in [0.2, 0.25) is 0 Å².